The number of benzene rings is 2. The second-order valence-electron chi connectivity index (χ2n) is 9.41. The van der Waals surface area contributed by atoms with Crippen molar-refractivity contribution in [2.24, 2.45) is 17.4 Å². The van der Waals surface area contributed by atoms with Gasteiger partial charge in [0.25, 0.3) is 5.91 Å². The summed E-state index contributed by atoms with van der Waals surface area (Å²) in [7, 11) is 0. The third kappa shape index (κ3) is 8.20. The predicted octanol–water partition coefficient (Wildman–Crippen LogP) is 1.66. The Bertz CT molecular complexity index is 1170. The van der Waals surface area contributed by atoms with Crippen molar-refractivity contribution in [3.8, 4) is 0 Å². The molecule has 0 saturated heterocycles. The summed E-state index contributed by atoms with van der Waals surface area (Å²) in [6, 6.07) is 7.44. The van der Waals surface area contributed by atoms with Gasteiger partial charge in [0.2, 0.25) is 17.7 Å². The van der Waals surface area contributed by atoms with Crippen LogP contribution in [0.25, 0.3) is 0 Å². The molecule has 0 aliphatic carbocycles. The van der Waals surface area contributed by atoms with E-state index in [1.54, 1.807) is 25.1 Å². The number of nitrogens with one attached hydrogen (secondary N) is 3. The van der Waals surface area contributed by atoms with E-state index >= 15 is 0 Å². The van der Waals surface area contributed by atoms with Gasteiger partial charge < -0.3 is 38.9 Å². The van der Waals surface area contributed by atoms with E-state index < -0.39 is 35.7 Å². The van der Waals surface area contributed by atoms with Gasteiger partial charge in [-0.05, 0) is 74.5 Å². The van der Waals surface area contributed by atoms with Crippen molar-refractivity contribution >= 4 is 40.7 Å². The highest BCUT2D eigenvalue weighted by molar-refractivity contribution is 6.03. The molecule has 2 rings (SSSR count). The highest BCUT2D eigenvalue weighted by atomic mass is 16.2. The first-order valence-corrected chi connectivity index (χ1v) is 12.7. The Morgan fingerprint density at radius 1 is 0.947 bits per heavy atom. The minimum absolute atomic E-state index is 0.160. The van der Waals surface area contributed by atoms with Gasteiger partial charge in [-0.1, -0.05) is 26.3 Å². The number of primary amides is 1. The molecule has 206 valence electrons. The Morgan fingerprint density at radius 2 is 1.66 bits per heavy atom. The van der Waals surface area contributed by atoms with Crippen molar-refractivity contribution in [3.63, 3.8) is 0 Å². The molecule has 1 unspecified atom stereocenters. The lowest BCUT2D eigenvalue weighted by Gasteiger charge is -2.27. The number of nitrogens with two attached hydrogens (primary N) is 4. The Hall–Kier alpha value is -4.12. The minimum atomic E-state index is -0.932. The van der Waals surface area contributed by atoms with Gasteiger partial charge in [-0.15, -0.1) is 0 Å². The zero-order valence-corrected chi connectivity index (χ0v) is 22.2. The molecule has 0 aromatic heterocycles. The standard InChI is InChI=1S/C27H39N7O4/c1-4-15(2)23(34-25(36)19-14-18(29)10-11-20(19)30)27(38)32-21(7-5-6-12-28)26(37)33-22-13-17(24(31)35)9-8-16(22)3/h8-11,13-15,21,23H,4-7,12,28-30H2,1-3H3,(H2,31,35)(H,32,38)(H,33,37)(H,34,36)/t15-,21-,23?/m0/s1. The summed E-state index contributed by atoms with van der Waals surface area (Å²) in [4.78, 5) is 51.3. The average molecular weight is 526 g/mol. The van der Waals surface area contributed by atoms with E-state index in [4.69, 9.17) is 22.9 Å². The molecular weight excluding hydrogens is 486 g/mol. The van der Waals surface area contributed by atoms with Crippen LogP contribution in [0.4, 0.5) is 17.1 Å². The summed E-state index contributed by atoms with van der Waals surface area (Å²) in [5.41, 5.74) is 24.9. The van der Waals surface area contributed by atoms with Crippen LogP contribution in [0.5, 0.6) is 0 Å². The third-order valence-electron chi connectivity index (χ3n) is 6.46. The van der Waals surface area contributed by atoms with Crippen LogP contribution in [-0.4, -0.2) is 42.3 Å². The van der Waals surface area contributed by atoms with Gasteiger partial charge in [-0.2, -0.15) is 0 Å². The Labute approximate surface area is 223 Å². The number of carbonyl (C=O) groups excluding carboxylic acids is 4. The molecule has 2 aromatic rings. The highest BCUT2D eigenvalue weighted by Gasteiger charge is 2.30. The van der Waals surface area contributed by atoms with Crippen LogP contribution in [0.1, 0.15) is 65.8 Å². The average Bonchev–Trinajstić information content (AvgIpc) is 2.88. The van der Waals surface area contributed by atoms with Crippen LogP contribution in [0.15, 0.2) is 36.4 Å². The molecule has 0 bridgehead atoms. The van der Waals surface area contributed by atoms with Gasteiger partial charge in [0, 0.05) is 22.6 Å². The fourth-order valence-electron chi connectivity index (χ4n) is 3.84. The van der Waals surface area contributed by atoms with Crippen LogP contribution in [-0.2, 0) is 9.59 Å². The van der Waals surface area contributed by atoms with E-state index in [-0.39, 0.29) is 22.7 Å². The lowest BCUT2D eigenvalue weighted by atomic mass is 9.96. The van der Waals surface area contributed by atoms with E-state index in [9.17, 15) is 19.2 Å². The van der Waals surface area contributed by atoms with Crippen LogP contribution < -0.4 is 38.9 Å². The van der Waals surface area contributed by atoms with E-state index in [1.165, 1.54) is 18.2 Å². The smallest absolute Gasteiger partial charge is 0.254 e. The third-order valence-corrected chi connectivity index (χ3v) is 6.46. The van der Waals surface area contributed by atoms with Gasteiger partial charge in [0.15, 0.2) is 0 Å². The molecule has 0 spiro atoms. The molecule has 2 aromatic carbocycles. The van der Waals surface area contributed by atoms with E-state index in [0.29, 0.717) is 43.6 Å². The Kier molecular flexibility index (Phi) is 11.1. The van der Waals surface area contributed by atoms with Gasteiger partial charge in [-0.3, -0.25) is 19.2 Å². The van der Waals surface area contributed by atoms with Crippen LogP contribution in [0.2, 0.25) is 0 Å². The van der Waals surface area contributed by atoms with Crippen molar-refractivity contribution in [1.29, 1.82) is 0 Å². The largest absolute Gasteiger partial charge is 0.399 e. The molecule has 38 heavy (non-hydrogen) atoms. The van der Waals surface area contributed by atoms with Crippen molar-refractivity contribution in [2.45, 2.75) is 58.5 Å². The summed E-state index contributed by atoms with van der Waals surface area (Å²) in [5, 5.41) is 8.34. The first kappa shape index (κ1) is 30.1. The van der Waals surface area contributed by atoms with Gasteiger partial charge in [-0.25, -0.2) is 0 Å². The van der Waals surface area contributed by atoms with Gasteiger partial charge >= 0.3 is 0 Å². The molecule has 11 N–H and O–H groups in total. The molecular formula is C27H39N7O4. The first-order chi connectivity index (χ1) is 18.0. The number of nitrogen functional groups attached to an aromatic ring is 2. The molecule has 0 fully saturated rings. The summed E-state index contributed by atoms with van der Waals surface area (Å²) in [6.45, 7) is 5.94. The summed E-state index contributed by atoms with van der Waals surface area (Å²) >= 11 is 0. The molecule has 11 heteroatoms. The summed E-state index contributed by atoms with van der Waals surface area (Å²) in [6.07, 6.45) is 2.17. The highest BCUT2D eigenvalue weighted by Crippen LogP contribution is 2.19. The minimum Gasteiger partial charge on any atom is -0.399 e. The molecule has 3 atom stereocenters. The van der Waals surface area contributed by atoms with Crippen LogP contribution in [0, 0.1) is 12.8 Å². The summed E-state index contributed by atoms with van der Waals surface area (Å²) in [5.74, 6) is -2.39. The van der Waals surface area contributed by atoms with E-state index in [0.717, 1.165) is 5.56 Å². The maximum atomic E-state index is 13.4. The zero-order valence-electron chi connectivity index (χ0n) is 22.2. The van der Waals surface area contributed by atoms with Crippen LogP contribution in [0.3, 0.4) is 0 Å². The second kappa shape index (κ2) is 14.0. The van der Waals surface area contributed by atoms with Crippen LogP contribution >= 0.6 is 0 Å². The number of amides is 4. The molecule has 0 radical (unpaired) electrons. The van der Waals surface area contributed by atoms with Gasteiger partial charge in [0.1, 0.15) is 12.1 Å². The zero-order chi connectivity index (χ0) is 28.4. The fourth-order valence-corrected chi connectivity index (χ4v) is 3.84. The number of rotatable bonds is 13. The number of hydrogen-bond acceptors (Lipinski definition) is 7. The quantitative estimate of drug-likeness (QED) is 0.152. The van der Waals surface area contributed by atoms with Crippen molar-refractivity contribution in [3.05, 3.63) is 53.1 Å². The first-order valence-electron chi connectivity index (χ1n) is 12.7. The lowest BCUT2D eigenvalue weighted by molar-refractivity contribution is -0.128. The maximum absolute atomic E-state index is 13.4. The molecule has 4 amide bonds. The monoisotopic (exact) mass is 525 g/mol. The number of unbranched alkanes of at least 4 members (excludes halogenated alkanes) is 1. The van der Waals surface area contributed by atoms with Crippen molar-refractivity contribution in [1.82, 2.24) is 10.6 Å². The normalized spacial score (nSPS) is 13.2. The number of carbonyl (C=O) groups is 4. The Balaban J connectivity index is 2.26. The molecule has 11 nitrogen and oxygen atoms in total. The van der Waals surface area contributed by atoms with Crippen molar-refractivity contribution < 1.29 is 19.2 Å². The number of aryl methyl sites for hydroxylation is 1. The molecule has 0 aliphatic heterocycles. The molecule has 0 aliphatic rings. The summed E-state index contributed by atoms with van der Waals surface area (Å²) < 4.78 is 0. The van der Waals surface area contributed by atoms with Gasteiger partial charge in [0.05, 0.1) is 5.56 Å². The van der Waals surface area contributed by atoms with E-state index in [2.05, 4.69) is 16.0 Å². The van der Waals surface area contributed by atoms with E-state index in [1.807, 2.05) is 13.8 Å². The Morgan fingerprint density at radius 3 is 2.29 bits per heavy atom. The molecule has 0 saturated carbocycles. The van der Waals surface area contributed by atoms with Crippen molar-refractivity contribution in [2.75, 3.05) is 23.3 Å². The molecule has 0 heterocycles. The lowest BCUT2D eigenvalue weighted by Crippen LogP contribution is -2.55. The SMILES string of the molecule is CC[C@H](C)C(NC(=O)c1cc(N)ccc1N)C(=O)N[C@@H](CCCCN)C(=O)Nc1cc(C(N)=O)ccc1C. The number of anilines is 3. The fraction of sp³-hybridized carbons (Fsp3) is 0.407. The maximum Gasteiger partial charge on any atom is 0.254 e. The topological polar surface area (TPSA) is 208 Å². The second-order valence-corrected chi connectivity index (χ2v) is 9.41. The predicted molar refractivity (Wildman–Crippen MR) is 149 cm³/mol. The number of hydrogen-bond donors (Lipinski definition) is 7.